The van der Waals surface area contributed by atoms with Crippen LogP contribution in [0, 0.1) is 5.92 Å². The van der Waals surface area contributed by atoms with Crippen LogP contribution in [0.2, 0.25) is 0 Å². The third-order valence-electron chi connectivity index (χ3n) is 3.95. The molecule has 3 rings (SSSR count). The summed E-state index contributed by atoms with van der Waals surface area (Å²) in [6.45, 7) is 3.01. The summed E-state index contributed by atoms with van der Waals surface area (Å²) in [5.74, 6) is 0.994. The lowest BCUT2D eigenvalue weighted by atomic mass is 10.0. The number of hydrogen-bond acceptors (Lipinski definition) is 2. The summed E-state index contributed by atoms with van der Waals surface area (Å²) in [6.07, 6.45) is 7.81. The fourth-order valence-corrected chi connectivity index (χ4v) is 2.54. The Hall–Kier alpha value is -1.61. The summed E-state index contributed by atoms with van der Waals surface area (Å²) in [5.41, 5.74) is 8.45. The molecule has 2 aliphatic rings. The minimum atomic E-state index is 0.0868. The Bertz CT molecular complexity index is 477. The van der Waals surface area contributed by atoms with Crippen LogP contribution >= 0.6 is 0 Å². The Balaban J connectivity index is 0.000000173. The minimum Gasteiger partial charge on any atom is -0.356 e. The molecule has 0 radical (unpaired) electrons. The van der Waals surface area contributed by atoms with Gasteiger partial charge in [0.2, 0.25) is 5.91 Å². The van der Waals surface area contributed by atoms with E-state index in [1.54, 1.807) is 5.57 Å². The van der Waals surface area contributed by atoms with Crippen molar-refractivity contribution in [3.63, 3.8) is 0 Å². The molecule has 0 bridgehead atoms. The first-order chi connectivity index (χ1) is 10.2. The minimum absolute atomic E-state index is 0.0868. The second kappa shape index (κ2) is 7.99. The second-order valence-electron chi connectivity index (χ2n) is 5.86. The molecule has 1 aliphatic heterocycles. The Morgan fingerprint density at radius 3 is 2.48 bits per heavy atom. The first kappa shape index (κ1) is 15.8. The Morgan fingerprint density at radius 1 is 1.29 bits per heavy atom. The van der Waals surface area contributed by atoms with Crippen molar-refractivity contribution >= 4 is 12.0 Å². The largest absolute Gasteiger partial charge is 0.356 e. The van der Waals surface area contributed by atoms with Gasteiger partial charge in [-0.1, -0.05) is 48.9 Å². The number of benzene rings is 1. The van der Waals surface area contributed by atoms with Gasteiger partial charge in [0.1, 0.15) is 0 Å². The van der Waals surface area contributed by atoms with Crippen LogP contribution in [0.3, 0.4) is 0 Å². The molecule has 1 aromatic carbocycles. The van der Waals surface area contributed by atoms with Crippen molar-refractivity contribution in [1.29, 1.82) is 0 Å². The number of nitrogens with two attached hydrogens (primary N) is 1. The van der Waals surface area contributed by atoms with Crippen LogP contribution in [-0.2, 0) is 4.79 Å². The van der Waals surface area contributed by atoms with E-state index in [1.165, 1.54) is 24.8 Å². The highest BCUT2D eigenvalue weighted by atomic mass is 16.1. The molecule has 1 aromatic rings. The number of allylic oxidation sites excluding steroid dienone is 1. The number of amides is 1. The predicted molar refractivity (Wildman–Crippen MR) is 87.7 cm³/mol. The van der Waals surface area contributed by atoms with Crippen molar-refractivity contribution in [3.8, 4) is 0 Å². The lowest BCUT2D eigenvalue weighted by Gasteiger charge is -2.16. The van der Waals surface area contributed by atoms with Crippen molar-refractivity contribution in [2.24, 2.45) is 11.7 Å². The third kappa shape index (κ3) is 5.72. The van der Waals surface area contributed by atoms with Crippen LogP contribution < -0.4 is 11.1 Å². The van der Waals surface area contributed by atoms with E-state index in [0.717, 1.165) is 18.9 Å². The van der Waals surface area contributed by atoms with Crippen molar-refractivity contribution in [2.45, 2.75) is 45.1 Å². The molecule has 3 nitrogen and oxygen atoms in total. The molecule has 3 heteroatoms. The smallest absolute Gasteiger partial charge is 0.221 e. The van der Waals surface area contributed by atoms with Gasteiger partial charge in [-0.25, -0.2) is 0 Å². The van der Waals surface area contributed by atoms with Gasteiger partial charge in [-0.15, -0.1) is 0 Å². The zero-order chi connectivity index (χ0) is 15.1. The zero-order valence-electron chi connectivity index (χ0n) is 12.8. The number of hydrogen-bond donors (Lipinski definition) is 2. The van der Waals surface area contributed by atoms with E-state index in [0.29, 0.717) is 6.42 Å². The molecule has 1 atom stereocenters. The monoisotopic (exact) mass is 286 g/mol. The predicted octanol–water partition coefficient (Wildman–Crippen LogP) is 3.11. The van der Waals surface area contributed by atoms with Crippen molar-refractivity contribution in [1.82, 2.24) is 5.32 Å². The molecule has 1 aliphatic carbocycles. The molecule has 3 N–H and O–H groups in total. The first-order valence-electron chi connectivity index (χ1n) is 7.96. The van der Waals surface area contributed by atoms with Crippen LogP contribution in [0.15, 0.2) is 35.9 Å². The molecule has 1 saturated carbocycles. The van der Waals surface area contributed by atoms with Crippen LogP contribution in [0.4, 0.5) is 0 Å². The standard InChI is InChI=1S/C13H16.C5H10N2O/c1-2-12(13-8-9-13)10-11-6-4-3-5-7-11;6-4-1-2-7-5(8)3-4/h3-7,10,13H,2,8-9H2,1H3;4H,1-3,6H2,(H,7,8)/b12-10+;. The Morgan fingerprint density at radius 2 is 2.00 bits per heavy atom. The molecule has 21 heavy (non-hydrogen) atoms. The van der Waals surface area contributed by atoms with Gasteiger partial charge in [0, 0.05) is 19.0 Å². The maximum Gasteiger partial charge on any atom is 0.221 e. The van der Waals surface area contributed by atoms with Gasteiger partial charge in [-0.3, -0.25) is 4.79 Å². The average Bonchev–Trinajstić information content (AvgIpc) is 3.31. The van der Waals surface area contributed by atoms with Crippen LogP contribution in [0.5, 0.6) is 0 Å². The fourth-order valence-electron chi connectivity index (χ4n) is 2.54. The Labute approximate surface area is 127 Å². The maximum absolute atomic E-state index is 10.5. The number of piperidine rings is 1. The van der Waals surface area contributed by atoms with Gasteiger partial charge in [0.05, 0.1) is 0 Å². The summed E-state index contributed by atoms with van der Waals surface area (Å²) >= 11 is 0. The first-order valence-corrected chi connectivity index (χ1v) is 7.96. The molecule has 0 aromatic heterocycles. The van der Waals surface area contributed by atoms with E-state index >= 15 is 0 Å². The molecule has 0 spiro atoms. The van der Waals surface area contributed by atoms with Gasteiger partial charge in [-0.05, 0) is 37.2 Å². The highest BCUT2D eigenvalue weighted by Gasteiger charge is 2.24. The fraction of sp³-hybridized carbons (Fsp3) is 0.500. The molecule has 2 fully saturated rings. The van der Waals surface area contributed by atoms with E-state index in [9.17, 15) is 4.79 Å². The quantitative estimate of drug-likeness (QED) is 0.897. The number of rotatable bonds is 3. The lowest BCUT2D eigenvalue weighted by molar-refractivity contribution is -0.122. The maximum atomic E-state index is 10.5. The zero-order valence-corrected chi connectivity index (χ0v) is 12.8. The van der Waals surface area contributed by atoms with Crippen molar-refractivity contribution in [3.05, 3.63) is 41.5 Å². The molecular formula is C18H26N2O. The lowest BCUT2D eigenvalue weighted by Crippen LogP contribution is -2.40. The van der Waals surface area contributed by atoms with E-state index in [-0.39, 0.29) is 11.9 Å². The summed E-state index contributed by atoms with van der Waals surface area (Å²) in [4.78, 5) is 10.5. The highest BCUT2D eigenvalue weighted by molar-refractivity contribution is 5.77. The topological polar surface area (TPSA) is 55.1 Å². The van der Waals surface area contributed by atoms with E-state index in [4.69, 9.17) is 5.73 Å². The van der Waals surface area contributed by atoms with E-state index in [2.05, 4.69) is 48.6 Å². The molecule has 1 saturated heterocycles. The number of carbonyl (C=O) groups is 1. The van der Waals surface area contributed by atoms with Crippen LogP contribution in [0.1, 0.15) is 44.6 Å². The summed E-state index contributed by atoms with van der Waals surface area (Å²) in [6, 6.07) is 10.7. The van der Waals surface area contributed by atoms with Gasteiger partial charge in [0.15, 0.2) is 0 Å². The molecule has 114 valence electrons. The average molecular weight is 286 g/mol. The third-order valence-corrected chi connectivity index (χ3v) is 3.95. The Kier molecular flexibility index (Phi) is 6.00. The normalized spacial score (nSPS) is 22.1. The molecular weight excluding hydrogens is 260 g/mol. The molecule has 1 unspecified atom stereocenters. The number of carbonyl (C=O) groups excluding carboxylic acids is 1. The van der Waals surface area contributed by atoms with Gasteiger partial charge >= 0.3 is 0 Å². The molecule has 1 heterocycles. The van der Waals surface area contributed by atoms with Crippen LogP contribution in [0.25, 0.3) is 6.08 Å². The number of nitrogens with one attached hydrogen (secondary N) is 1. The summed E-state index contributed by atoms with van der Waals surface area (Å²) in [5, 5.41) is 2.69. The summed E-state index contributed by atoms with van der Waals surface area (Å²) in [7, 11) is 0. The van der Waals surface area contributed by atoms with Crippen LogP contribution in [-0.4, -0.2) is 18.5 Å². The SMILES string of the molecule is CC/C(=C\c1ccccc1)C1CC1.NC1CCNC(=O)C1. The van der Waals surface area contributed by atoms with Crippen molar-refractivity contribution < 1.29 is 4.79 Å². The second-order valence-corrected chi connectivity index (χ2v) is 5.86. The highest BCUT2D eigenvalue weighted by Crippen LogP contribution is 2.38. The van der Waals surface area contributed by atoms with E-state index < -0.39 is 0 Å². The van der Waals surface area contributed by atoms with Gasteiger partial charge in [-0.2, -0.15) is 0 Å². The van der Waals surface area contributed by atoms with E-state index in [1.807, 2.05) is 0 Å². The van der Waals surface area contributed by atoms with Gasteiger partial charge < -0.3 is 11.1 Å². The van der Waals surface area contributed by atoms with Gasteiger partial charge in [0.25, 0.3) is 0 Å². The molecule has 1 amide bonds. The van der Waals surface area contributed by atoms with Crippen molar-refractivity contribution in [2.75, 3.05) is 6.54 Å². The summed E-state index contributed by atoms with van der Waals surface area (Å²) < 4.78 is 0.